The number of thiophene rings is 1. The summed E-state index contributed by atoms with van der Waals surface area (Å²) < 4.78 is 0. The van der Waals surface area contributed by atoms with E-state index in [1.165, 1.54) is 16.9 Å². The maximum absolute atomic E-state index is 10.6. The molecule has 3 nitrogen and oxygen atoms in total. The van der Waals surface area contributed by atoms with E-state index in [-0.39, 0.29) is 5.92 Å². The molecule has 0 bridgehead atoms. The first-order valence-corrected chi connectivity index (χ1v) is 7.52. The Morgan fingerprint density at radius 2 is 2.26 bits per heavy atom. The number of rotatable bonds is 4. The number of aryl methyl sites for hydroxylation is 2. The normalized spacial score (nSPS) is 17.2. The Morgan fingerprint density at radius 3 is 2.95 bits per heavy atom. The Balaban J connectivity index is 1.86. The van der Waals surface area contributed by atoms with Gasteiger partial charge in [-0.05, 0) is 43.0 Å². The van der Waals surface area contributed by atoms with Gasteiger partial charge in [0.1, 0.15) is 0 Å². The van der Waals surface area contributed by atoms with Crippen LogP contribution in [0.3, 0.4) is 0 Å². The highest BCUT2D eigenvalue weighted by Crippen LogP contribution is 2.38. The number of nitrogens with two attached hydrogens (primary N) is 1. The lowest BCUT2D eigenvalue weighted by Gasteiger charge is -2.20. The van der Waals surface area contributed by atoms with Gasteiger partial charge in [-0.2, -0.15) is 0 Å². The van der Waals surface area contributed by atoms with Gasteiger partial charge in [0.2, 0.25) is 0 Å². The molecular formula is C15H18N2OS. The van der Waals surface area contributed by atoms with Crippen LogP contribution in [0.15, 0.2) is 30.5 Å². The van der Waals surface area contributed by atoms with E-state index in [2.05, 4.69) is 11.1 Å². The monoisotopic (exact) mass is 274 g/mol. The maximum Gasteiger partial charge on any atom is 0.0977 e. The van der Waals surface area contributed by atoms with Crippen LogP contribution < -0.4 is 5.73 Å². The van der Waals surface area contributed by atoms with Gasteiger partial charge in [0.15, 0.2) is 0 Å². The number of hydrogen-bond acceptors (Lipinski definition) is 4. The van der Waals surface area contributed by atoms with E-state index >= 15 is 0 Å². The smallest absolute Gasteiger partial charge is 0.0977 e. The van der Waals surface area contributed by atoms with Crippen LogP contribution in [-0.2, 0) is 12.8 Å². The molecule has 2 aromatic heterocycles. The molecule has 100 valence electrons. The third-order valence-corrected chi connectivity index (χ3v) is 5.07. The molecule has 3 rings (SSSR count). The molecule has 2 atom stereocenters. The minimum absolute atomic E-state index is 0.125. The van der Waals surface area contributed by atoms with Crippen LogP contribution in [-0.4, -0.2) is 16.6 Å². The highest BCUT2D eigenvalue weighted by Gasteiger charge is 2.26. The van der Waals surface area contributed by atoms with Crippen molar-refractivity contribution < 1.29 is 5.11 Å². The van der Waals surface area contributed by atoms with Crippen molar-refractivity contribution in [2.75, 3.05) is 6.54 Å². The van der Waals surface area contributed by atoms with Gasteiger partial charge in [-0.25, -0.2) is 0 Å². The summed E-state index contributed by atoms with van der Waals surface area (Å²) in [6.45, 7) is 0.404. The molecule has 0 fully saturated rings. The third-order valence-electron chi connectivity index (χ3n) is 3.76. The van der Waals surface area contributed by atoms with Crippen LogP contribution >= 0.6 is 11.3 Å². The summed E-state index contributed by atoms with van der Waals surface area (Å²) in [4.78, 5) is 6.79. The number of pyridine rings is 1. The molecule has 0 radical (unpaired) electrons. The maximum atomic E-state index is 10.6. The second-order valence-corrected chi connectivity index (χ2v) is 6.16. The standard InChI is InChI=1S/C15H18N2OS/c16-9-11(12-5-1-2-7-17-12)15(18)14-8-10-4-3-6-13(10)19-14/h1-2,5,7-8,11,15,18H,3-4,6,9,16H2. The molecule has 4 heteroatoms. The molecular weight excluding hydrogens is 256 g/mol. The fourth-order valence-electron chi connectivity index (χ4n) is 2.70. The Labute approximate surface area is 117 Å². The first kappa shape index (κ1) is 12.8. The number of fused-ring (bicyclic) bond motifs is 1. The molecule has 2 unspecified atom stereocenters. The topological polar surface area (TPSA) is 59.1 Å². The van der Waals surface area contributed by atoms with Crippen LogP contribution in [0.1, 0.15) is 39.5 Å². The summed E-state index contributed by atoms with van der Waals surface area (Å²) in [5.41, 5.74) is 8.12. The van der Waals surface area contributed by atoms with Crippen molar-refractivity contribution in [1.82, 2.24) is 4.98 Å². The van der Waals surface area contributed by atoms with Crippen molar-refractivity contribution in [3.8, 4) is 0 Å². The van der Waals surface area contributed by atoms with E-state index in [1.54, 1.807) is 17.5 Å². The SMILES string of the molecule is NCC(c1ccccn1)C(O)c1cc2c(s1)CCC2. The Bertz CT molecular complexity index is 531. The summed E-state index contributed by atoms with van der Waals surface area (Å²) in [5, 5.41) is 10.6. The number of aliphatic hydroxyl groups excluding tert-OH is 1. The number of nitrogens with zero attached hydrogens (tertiary/aromatic N) is 1. The largest absolute Gasteiger partial charge is 0.387 e. The van der Waals surface area contributed by atoms with Gasteiger partial charge in [-0.3, -0.25) is 4.98 Å². The first-order valence-electron chi connectivity index (χ1n) is 6.70. The Hall–Kier alpha value is -1.23. The lowest BCUT2D eigenvalue weighted by atomic mass is 9.96. The molecule has 0 saturated carbocycles. The van der Waals surface area contributed by atoms with E-state index in [1.807, 2.05) is 18.2 Å². The van der Waals surface area contributed by atoms with Crippen molar-refractivity contribution in [3.05, 3.63) is 51.5 Å². The van der Waals surface area contributed by atoms with Crippen LogP contribution in [0.5, 0.6) is 0 Å². The number of hydrogen-bond donors (Lipinski definition) is 2. The summed E-state index contributed by atoms with van der Waals surface area (Å²) in [7, 11) is 0. The third kappa shape index (κ3) is 2.43. The van der Waals surface area contributed by atoms with Crippen molar-refractivity contribution in [1.29, 1.82) is 0 Å². The predicted octanol–water partition coefficient (Wildman–Crippen LogP) is 2.41. The molecule has 2 aromatic rings. The quantitative estimate of drug-likeness (QED) is 0.900. The molecule has 0 saturated heterocycles. The van der Waals surface area contributed by atoms with Gasteiger partial charge < -0.3 is 10.8 Å². The predicted molar refractivity (Wildman–Crippen MR) is 77.3 cm³/mol. The van der Waals surface area contributed by atoms with E-state index in [4.69, 9.17) is 5.73 Å². The zero-order valence-corrected chi connectivity index (χ0v) is 11.6. The minimum Gasteiger partial charge on any atom is -0.387 e. The zero-order valence-electron chi connectivity index (χ0n) is 10.7. The zero-order chi connectivity index (χ0) is 13.2. The van der Waals surface area contributed by atoms with Gasteiger partial charge in [0.05, 0.1) is 6.10 Å². The lowest BCUT2D eigenvalue weighted by Crippen LogP contribution is -2.20. The highest BCUT2D eigenvalue weighted by atomic mass is 32.1. The van der Waals surface area contributed by atoms with E-state index in [0.29, 0.717) is 6.54 Å². The van der Waals surface area contributed by atoms with E-state index in [0.717, 1.165) is 23.4 Å². The Morgan fingerprint density at radius 1 is 1.37 bits per heavy atom. The number of aromatic nitrogens is 1. The van der Waals surface area contributed by atoms with Gasteiger partial charge in [-0.1, -0.05) is 6.07 Å². The lowest BCUT2D eigenvalue weighted by molar-refractivity contribution is 0.149. The Kier molecular flexibility index (Phi) is 3.64. The molecule has 0 amide bonds. The molecule has 1 aliphatic rings. The molecule has 3 N–H and O–H groups in total. The van der Waals surface area contributed by atoms with Gasteiger partial charge in [-0.15, -0.1) is 11.3 Å². The first-order chi connectivity index (χ1) is 9.29. The fraction of sp³-hybridized carbons (Fsp3) is 0.400. The van der Waals surface area contributed by atoms with Crippen molar-refractivity contribution in [2.45, 2.75) is 31.3 Å². The summed E-state index contributed by atoms with van der Waals surface area (Å²) in [5.74, 6) is -0.125. The summed E-state index contributed by atoms with van der Waals surface area (Å²) in [6, 6.07) is 7.90. The second kappa shape index (κ2) is 5.41. The van der Waals surface area contributed by atoms with Crippen molar-refractivity contribution >= 4 is 11.3 Å². The minimum atomic E-state index is -0.546. The fourth-order valence-corrected chi connectivity index (χ4v) is 4.01. The van der Waals surface area contributed by atoms with Crippen molar-refractivity contribution in [2.24, 2.45) is 5.73 Å². The number of aliphatic hydroxyl groups is 1. The highest BCUT2D eigenvalue weighted by molar-refractivity contribution is 7.12. The average Bonchev–Trinajstić information content (AvgIpc) is 3.01. The summed E-state index contributed by atoms with van der Waals surface area (Å²) >= 11 is 1.74. The average molecular weight is 274 g/mol. The molecule has 0 aromatic carbocycles. The molecule has 0 aliphatic heterocycles. The van der Waals surface area contributed by atoms with Gasteiger partial charge >= 0.3 is 0 Å². The molecule has 19 heavy (non-hydrogen) atoms. The van der Waals surface area contributed by atoms with Crippen LogP contribution in [0.4, 0.5) is 0 Å². The molecule has 2 heterocycles. The van der Waals surface area contributed by atoms with Crippen LogP contribution in [0.2, 0.25) is 0 Å². The van der Waals surface area contributed by atoms with E-state index in [9.17, 15) is 5.11 Å². The second-order valence-electron chi connectivity index (χ2n) is 4.99. The summed E-state index contributed by atoms with van der Waals surface area (Å²) in [6.07, 6.45) is 4.76. The van der Waals surface area contributed by atoms with Crippen LogP contribution in [0.25, 0.3) is 0 Å². The molecule has 1 aliphatic carbocycles. The van der Waals surface area contributed by atoms with Crippen molar-refractivity contribution in [3.63, 3.8) is 0 Å². The van der Waals surface area contributed by atoms with E-state index < -0.39 is 6.10 Å². The van der Waals surface area contributed by atoms with Gasteiger partial charge in [0, 0.05) is 34.1 Å². The van der Waals surface area contributed by atoms with Gasteiger partial charge in [0.25, 0.3) is 0 Å². The van der Waals surface area contributed by atoms with Crippen LogP contribution in [0, 0.1) is 0 Å². The molecule has 0 spiro atoms.